The summed E-state index contributed by atoms with van der Waals surface area (Å²) in [5, 5.41) is 3.86. The van der Waals surface area contributed by atoms with Gasteiger partial charge in [-0.3, -0.25) is 13.9 Å². The maximum atomic E-state index is 14.0. The van der Waals surface area contributed by atoms with E-state index >= 15 is 0 Å². The Hall–Kier alpha value is -2.49. The number of amides is 2. The molecular weight excluding hydrogens is 604 g/mol. The van der Waals surface area contributed by atoms with Gasteiger partial charge < -0.3 is 10.2 Å². The minimum absolute atomic E-state index is 0.0533. The van der Waals surface area contributed by atoms with E-state index in [-0.39, 0.29) is 23.7 Å². The lowest BCUT2D eigenvalue weighted by Crippen LogP contribution is -2.53. The highest BCUT2D eigenvalue weighted by atomic mass is 35.5. The number of carbonyl (C=O) groups excluding carboxylic acids is 2. The molecule has 0 aromatic heterocycles. The third-order valence-corrected chi connectivity index (χ3v) is 8.09. The first-order valence-electron chi connectivity index (χ1n) is 11.9. The SMILES string of the molecule is CCNC(=O)C(Cc1ccccc1)N(Cc1ccc(Cl)cc1Cl)C(=O)CN(c1ccc(Cl)cc1Cl)S(C)(=O)=O. The van der Waals surface area contributed by atoms with Gasteiger partial charge in [-0.05, 0) is 48.4 Å². The summed E-state index contributed by atoms with van der Waals surface area (Å²) in [6.07, 6.45) is 1.15. The van der Waals surface area contributed by atoms with Crippen molar-refractivity contribution in [3.05, 3.63) is 97.9 Å². The predicted octanol–water partition coefficient (Wildman–Crippen LogP) is 5.84. The Kier molecular flexibility index (Phi) is 10.9. The smallest absolute Gasteiger partial charge is 0.244 e. The first kappa shape index (κ1) is 31.0. The van der Waals surface area contributed by atoms with Crippen molar-refractivity contribution in [3.8, 4) is 0 Å². The van der Waals surface area contributed by atoms with Crippen molar-refractivity contribution in [1.82, 2.24) is 10.2 Å². The van der Waals surface area contributed by atoms with Crippen LogP contribution in [0, 0.1) is 0 Å². The van der Waals surface area contributed by atoms with Gasteiger partial charge in [-0.25, -0.2) is 8.42 Å². The van der Waals surface area contributed by atoms with E-state index in [1.807, 2.05) is 30.3 Å². The summed E-state index contributed by atoms with van der Waals surface area (Å²) in [6.45, 7) is 1.42. The van der Waals surface area contributed by atoms with Crippen LogP contribution in [0.1, 0.15) is 18.1 Å². The van der Waals surface area contributed by atoms with Crippen LogP contribution in [0.4, 0.5) is 5.69 Å². The van der Waals surface area contributed by atoms with Gasteiger partial charge in [-0.2, -0.15) is 0 Å². The van der Waals surface area contributed by atoms with Gasteiger partial charge in [0.05, 0.1) is 17.0 Å². The zero-order chi connectivity index (χ0) is 28.7. The summed E-state index contributed by atoms with van der Waals surface area (Å²) < 4.78 is 26.5. The third kappa shape index (κ3) is 8.50. The fraction of sp³-hybridized carbons (Fsp3) is 0.259. The standard InChI is InChI=1S/C27H27Cl4N3O4S/c1-3-32-27(36)25(13-18-7-5-4-6-8-18)33(16-19-9-10-20(28)14-22(19)30)26(35)17-34(39(2,37)38)24-12-11-21(29)15-23(24)31/h4-12,14-15,25H,3,13,16-17H2,1-2H3,(H,32,36). The molecule has 0 aliphatic heterocycles. The molecule has 0 aliphatic rings. The van der Waals surface area contributed by atoms with E-state index in [1.165, 1.54) is 29.2 Å². The van der Waals surface area contributed by atoms with Crippen LogP contribution < -0.4 is 9.62 Å². The highest BCUT2D eigenvalue weighted by molar-refractivity contribution is 7.92. The van der Waals surface area contributed by atoms with Crippen LogP contribution >= 0.6 is 46.4 Å². The minimum Gasteiger partial charge on any atom is -0.355 e. The maximum absolute atomic E-state index is 14.0. The Balaban J connectivity index is 2.08. The van der Waals surface area contributed by atoms with E-state index < -0.39 is 34.4 Å². The Morgan fingerprint density at radius 2 is 1.51 bits per heavy atom. The molecule has 0 saturated carbocycles. The second-order valence-electron chi connectivity index (χ2n) is 8.72. The summed E-state index contributed by atoms with van der Waals surface area (Å²) in [4.78, 5) is 28.6. The second kappa shape index (κ2) is 13.7. The number of sulfonamides is 1. The van der Waals surface area contributed by atoms with Gasteiger partial charge in [0.1, 0.15) is 12.6 Å². The normalized spacial score (nSPS) is 12.1. The minimum atomic E-state index is -3.97. The van der Waals surface area contributed by atoms with E-state index in [0.29, 0.717) is 27.2 Å². The van der Waals surface area contributed by atoms with Crippen molar-refractivity contribution in [2.45, 2.75) is 25.9 Å². The summed E-state index contributed by atoms with van der Waals surface area (Å²) >= 11 is 24.8. The molecule has 7 nitrogen and oxygen atoms in total. The van der Waals surface area contributed by atoms with E-state index in [9.17, 15) is 18.0 Å². The first-order valence-corrected chi connectivity index (χ1v) is 15.2. The van der Waals surface area contributed by atoms with E-state index in [4.69, 9.17) is 46.4 Å². The quantitative estimate of drug-likeness (QED) is 0.288. The van der Waals surface area contributed by atoms with Gasteiger partial charge in [0.2, 0.25) is 21.8 Å². The molecule has 3 rings (SSSR count). The Labute approximate surface area is 248 Å². The number of rotatable bonds is 11. The lowest BCUT2D eigenvalue weighted by Gasteiger charge is -2.33. The fourth-order valence-corrected chi connectivity index (χ4v) is 5.85. The zero-order valence-corrected chi connectivity index (χ0v) is 25.0. The number of likely N-dealkylation sites (N-methyl/N-ethyl adjacent to an activating group) is 1. The number of benzene rings is 3. The average Bonchev–Trinajstić information content (AvgIpc) is 2.86. The molecule has 0 aliphatic carbocycles. The molecule has 0 saturated heterocycles. The number of halogens is 4. The van der Waals surface area contributed by atoms with Crippen molar-refractivity contribution in [2.24, 2.45) is 0 Å². The van der Waals surface area contributed by atoms with Crippen molar-refractivity contribution in [2.75, 3.05) is 23.7 Å². The highest BCUT2D eigenvalue weighted by Gasteiger charge is 2.33. The van der Waals surface area contributed by atoms with E-state index in [1.54, 1.807) is 19.1 Å². The van der Waals surface area contributed by atoms with Crippen LogP contribution in [0.15, 0.2) is 66.7 Å². The summed E-state index contributed by atoms with van der Waals surface area (Å²) in [5.41, 5.74) is 1.43. The van der Waals surface area contributed by atoms with E-state index in [0.717, 1.165) is 16.1 Å². The Bertz CT molecular complexity index is 1440. The van der Waals surface area contributed by atoms with Crippen molar-refractivity contribution >= 4 is 73.9 Å². The monoisotopic (exact) mass is 629 g/mol. The molecular formula is C27H27Cl4N3O4S. The molecule has 0 heterocycles. The van der Waals surface area contributed by atoms with Gasteiger partial charge in [-0.15, -0.1) is 0 Å². The molecule has 3 aromatic carbocycles. The number of hydrogen-bond acceptors (Lipinski definition) is 4. The molecule has 3 aromatic rings. The van der Waals surface area contributed by atoms with Gasteiger partial charge >= 0.3 is 0 Å². The molecule has 1 atom stereocenters. The third-order valence-electron chi connectivity index (χ3n) is 5.84. The summed E-state index contributed by atoms with van der Waals surface area (Å²) in [7, 11) is -3.97. The zero-order valence-electron chi connectivity index (χ0n) is 21.2. The van der Waals surface area contributed by atoms with Crippen LogP contribution in [-0.2, 0) is 32.6 Å². The lowest BCUT2D eigenvalue weighted by atomic mass is 10.0. The molecule has 0 radical (unpaired) electrons. The molecule has 2 amide bonds. The second-order valence-corrected chi connectivity index (χ2v) is 12.3. The van der Waals surface area contributed by atoms with Crippen LogP contribution in [0.5, 0.6) is 0 Å². The van der Waals surface area contributed by atoms with E-state index in [2.05, 4.69) is 5.32 Å². The Morgan fingerprint density at radius 3 is 2.08 bits per heavy atom. The van der Waals surface area contributed by atoms with Crippen molar-refractivity contribution in [1.29, 1.82) is 0 Å². The number of carbonyl (C=O) groups is 2. The molecule has 0 spiro atoms. The molecule has 0 bridgehead atoms. The topological polar surface area (TPSA) is 86.8 Å². The number of anilines is 1. The molecule has 0 fully saturated rings. The lowest BCUT2D eigenvalue weighted by molar-refractivity contribution is -0.140. The van der Waals surface area contributed by atoms with Crippen LogP contribution in [0.25, 0.3) is 0 Å². The molecule has 208 valence electrons. The van der Waals surface area contributed by atoms with Gasteiger partial charge in [0.15, 0.2) is 0 Å². The number of hydrogen-bond donors (Lipinski definition) is 1. The molecule has 1 N–H and O–H groups in total. The van der Waals surface area contributed by atoms with Gasteiger partial charge in [0.25, 0.3) is 0 Å². The van der Waals surface area contributed by atoms with Crippen molar-refractivity contribution in [3.63, 3.8) is 0 Å². The van der Waals surface area contributed by atoms with Crippen molar-refractivity contribution < 1.29 is 18.0 Å². The number of nitrogens with zero attached hydrogens (tertiary/aromatic N) is 2. The Morgan fingerprint density at radius 1 is 0.897 bits per heavy atom. The van der Waals surface area contributed by atoms with Crippen LogP contribution in [-0.4, -0.2) is 50.5 Å². The largest absolute Gasteiger partial charge is 0.355 e. The van der Waals surface area contributed by atoms with Crippen LogP contribution in [0.2, 0.25) is 20.1 Å². The predicted molar refractivity (Wildman–Crippen MR) is 158 cm³/mol. The average molecular weight is 631 g/mol. The van der Waals surface area contributed by atoms with Gasteiger partial charge in [0, 0.05) is 34.6 Å². The van der Waals surface area contributed by atoms with Crippen LogP contribution in [0.3, 0.4) is 0 Å². The first-order chi connectivity index (χ1) is 18.4. The summed E-state index contributed by atoms with van der Waals surface area (Å²) in [5.74, 6) is -1.03. The molecule has 39 heavy (non-hydrogen) atoms. The summed E-state index contributed by atoms with van der Waals surface area (Å²) in [6, 6.07) is 17.3. The fourth-order valence-electron chi connectivity index (χ4n) is 3.96. The van der Waals surface area contributed by atoms with Gasteiger partial charge in [-0.1, -0.05) is 82.8 Å². The maximum Gasteiger partial charge on any atom is 0.244 e. The molecule has 1 unspecified atom stereocenters. The highest BCUT2D eigenvalue weighted by Crippen LogP contribution is 2.31. The number of nitrogens with one attached hydrogen (secondary N) is 1. The molecule has 12 heteroatoms.